The van der Waals surface area contributed by atoms with Crippen molar-refractivity contribution >= 4 is 17.9 Å². The van der Waals surface area contributed by atoms with Crippen LogP contribution in [0.15, 0.2) is 48.5 Å². The van der Waals surface area contributed by atoms with E-state index in [-0.39, 0.29) is 11.2 Å². The summed E-state index contributed by atoms with van der Waals surface area (Å²) in [4.78, 5) is 13.1. The number of likely N-dealkylation sites (N-methyl/N-ethyl adjacent to an activating group) is 1. The number of rotatable bonds is 1. The molecule has 2 heterocycles. The quantitative estimate of drug-likeness (QED) is 0.622. The fraction of sp³-hybridized carbons (Fsp3) is 0.250. The van der Waals surface area contributed by atoms with Crippen LogP contribution in [0.3, 0.4) is 0 Å². The molecule has 0 aromatic heterocycles. The number of hydrogen-bond acceptors (Lipinski definition) is 4. The number of fused-ring (bicyclic) bond motifs is 2. The highest BCUT2D eigenvalue weighted by Gasteiger charge is 2.57. The van der Waals surface area contributed by atoms with Gasteiger partial charge in [0, 0.05) is 18.3 Å². The third-order valence-corrected chi connectivity index (χ3v) is 5.29. The first-order valence-corrected chi connectivity index (χ1v) is 8.12. The largest absolute Gasteiger partial charge is 0.511 e. The summed E-state index contributed by atoms with van der Waals surface area (Å²) in [5.41, 5.74) is 1.97. The Labute approximate surface area is 146 Å². The van der Waals surface area contributed by atoms with Crippen LogP contribution in [0.5, 0.6) is 11.5 Å². The number of nitrogens with zero attached hydrogens (tertiary/aromatic N) is 1. The van der Waals surface area contributed by atoms with Gasteiger partial charge < -0.3 is 19.5 Å². The van der Waals surface area contributed by atoms with Crippen LogP contribution < -0.4 is 14.4 Å². The molecule has 1 spiro atoms. The zero-order chi connectivity index (χ0) is 17.8. The second kappa shape index (κ2) is 5.02. The van der Waals surface area contributed by atoms with E-state index in [9.17, 15) is 4.79 Å². The molecule has 2 aromatic rings. The Morgan fingerprint density at radius 3 is 2.64 bits per heavy atom. The molecule has 0 fully saturated rings. The molecule has 2 aliphatic heterocycles. The lowest BCUT2D eigenvalue weighted by atomic mass is 9.76. The van der Waals surface area contributed by atoms with Gasteiger partial charge in [-0.3, -0.25) is 0 Å². The molecule has 0 bridgehead atoms. The first-order valence-electron chi connectivity index (χ1n) is 8.12. The molecule has 1 atom stereocenters. The molecule has 4 rings (SSSR count). The standard InChI is InChI=1S/C20H19NO4/c1-19(2)14-8-4-5-9-15(14)21(3)20(19)12-11-13-7-6-10-16(17(13)25-20)24-18(22)23/h4-12H,1-3H3,(H,22,23). The van der Waals surface area contributed by atoms with E-state index in [0.717, 1.165) is 11.3 Å². The summed E-state index contributed by atoms with van der Waals surface area (Å²) in [6.07, 6.45) is 2.65. The minimum absolute atomic E-state index is 0.203. The van der Waals surface area contributed by atoms with Crippen LogP contribution in [0.1, 0.15) is 25.0 Å². The molecule has 1 unspecified atom stereocenters. The van der Waals surface area contributed by atoms with E-state index in [1.807, 2.05) is 37.4 Å². The van der Waals surface area contributed by atoms with Crippen molar-refractivity contribution in [1.82, 2.24) is 0 Å². The SMILES string of the molecule is CN1c2ccccc2C(C)(C)C12C=Cc1cccc(OC(=O)O)c1O2. The normalized spacial score (nSPS) is 22.3. The maximum Gasteiger partial charge on any atom is 0.511 e. The molecule has 5 heteroatoms. The Bertz CT molecular complexity index is 902. The average Bonchev–Trinajstić information content (AvgIpc) is 2.75. The van der Waals surface area contributed by atoms with Crippen molar-refractivity contribution in [1.29, 1.82) is 0 Å². The van der Waals surface area contributed by atoms with Gasteiger partial charge in [-0.2, -0.15) is 0 Å². The topological polar surface area (TPSA) is 59.0 Å². The van der Waals surface area contributed by atoms with Crippen LogP contribution in [-0.4, -0.2) is 24.0 Å². The Balaban J connectivity index is 1.87. The van der Waals surface area contributed by atoms with Crippen LogP contribution in [0.2, 0.25) is 0 Å². The van der Waals surface area contributed by atoms with Crippen molar-refractivity contribution < 1.29 is 19.4 Å². The lowest BCUT2D eigenvalue weighted by molar-refractivity contribution is 0.0542. The number of ether oxygens (including phenoxy) is 2. The Morgan fingerprint density at radius 2 is 1.92 bits per heavy atom. The highest BCUT2D eigenvalue weighted by Crippen LogP contribution is 2.55. The summed E-state index contributed by atoms with van der Waals surface area (Å²) < 4.78 is 11.4. The molecule has 0 radical (unpaired) electrons. The van der Waals surface area contributed by atoms with Crippen molar-refractivity contribution in [2.75, 3.05) is 11.9 Å². The highest BCUT2D eigenvalue weighted by atomic mass is 16.7. The van der Waals surface area contributed by atoms with Gasteiger partial charge in [0.05, 0.1) is 5.41 Å². The molecule has 0 amide bonds. The Kier molecular flexibility index (Phi) is 3.13. The van der Waals surface area contributed by atoms with Crippen molar-refractivity contribution in [2.45, 2.75) is 25.0 Å². The second-order valence-electron chi connectivity index (χ2n) is 6.88. The summed E-state index contributed by atoms with van der Waals surface area (Å²) in [5, 5.41) is 9.02. The van der Waals surface area contributed by atoms with Crippen molar-refractivity contribution in [2.24, 2.45) is 0 Å². The van der Waals surface area contributed by atoms with Gasteiger partial charge in [-0.1, -0.05) is 30.3 Å². The lowest BCUT2D eigenvalue weighted by Crippen LogP contribution is -2.58. The number of benzene rings is 2. The molecule has 128 valence electrons. The van der Waals surface area contributed by atoms with Gasteiger partial charge in [-0.25, -0.2) is 4.79 Å². The summed E-state index contributed by atoms with van der Waals surface area (Å²) >= 11 is 0. The van der Waals surface area contributed by atoms with E-state index in [0.29, 0.717) is 5.75 Å². The van der Waals surface area contributed by atoms with Crippen LogP contribution in [0.4, 0.5) is 10.5 Å². The van der Waals surface area contributed by atoms with Gasteiger partial charge in [0.2, 0.25) is 5.72 Å². The van der Waals surface area contributed by atoms with E-state index in [2.05, 4.69) is 30.9 Å². The molecule has 25 heavy (non-hydrogen) atoms. The van der Waals surface area contributed by atoms with E-state index in [4.69, 9.17) is 14.6 Å². The molecule has 2 aromatic carbocycles. The molecule has 2 aliphatic rings. The number of carbonyl (C=O) groups is 1. The third-order valence-electron chi connectivity index (χ3n) is 5.29. The van der Waals surface area contributed by atoms with Crippen molar-refractivity contribution in [3.8, 4) is 11.5 Å². The summed E-state index contributed by atoms with van der Waals surface area (Å²) in [7, 11) is 1.99. The van der Waals surface area contributed by atoms with Gasteiger partial charge in [-0.15, -0.1) is 0 Å². The fourth-order valence-electron chi connectivity index (χ4n) is 3.94. The smallest absolute Gasteiger partial charge is 0.459 e. The van der Waals surface area contributed by atoms with E-state index in [1.54, 1.807) is 12.1 Å². The first-order chi connectivity index (χ1) is 11.9. The van der Waals surface area contributed by atoms with Crippen LogP contribution in [-0.2, 0) is 5.41 Å². The molecule has 0 saturated carbocycles. The second-order valence-corrected chi connectivity index (χ2v) is 6.88. The van der Waals surface area contributed by atoms with Gasteiger partial charge in [0.1, 0.15) is 0 Å². The van der Waals surface area contributed by atoms with Gasteiger partial charge in [0.15, 0.2) is 11.5 Å². The maximum atomic E-state index is 11.0. The summed E-state index contributed by atoms with van der Waals surface area (Å²) in [6.45, 7) is 4.26. The number of para-hydroxylation sites is 2. The molecule has 0 aliphatic carbocycles. The Hall–Kier alpha value is -2.95. The highest BCUT2D eigenvalue weighted by molar-refractivity contribution is 5.74. The van der Waals surface area contributed by atoms with Crippen LogP contribution >= 0.6 is 0 Å². The third kappa shape index (κ3) is 1.98. The minimum atomic E-state index is -1.36. The molecular formula is C20H19NO4. The van der Waals surface area contributed by atoms with Gasteiger partial charge >= 0.3 is 6.16 Å². The number of carboxylic acid groups (broad SMARTS) is 1. The zero-order valence-electron chi connectivity index (χ0n) is 14.3. The van der Waals surface area contributed by atoms with Crippen molar-refractivity contribution in [3.05, 3.63) is 59.7 Å². The molecular weight excluding hydrogens is 318 g/mol. The van der Waals surface area contributed by atoms with Crippen LogP contribution in [0, 0.1) is 0 Å². The number of anilines is 1. The van der Waals surface area contributed by atoms with Crippen LogP contribution in [0.25, 0.3) is 6.08 Å². The molecule has 1 N–H and O–H groups in total. The Morgan fingerprint density at radius 1 is 1.16 bits per heavy atom. The minimum Gasteiger partial charge on any atom is -0.459 e. The molecule has 0 saturated heterocycles. The van der Waals surface area contributed by atoms with Gasteiger partial charge in [-0.05, 0) is 43.7 Å². The summed E-state index contributed by atoms with van der Waals surface area (Å²) in [6, 6.07) is 13.4. The monoisotopic (exact) mass is 337 g/mol. The number of hydrogen-bond donors (Lipinski definition) is 1. The predicted octanol–water partition coefficient (Wildman–Crippen LogP) is 4.27. The summed E-state index contributed by atoms with van der Waals surface area (Å²) in [5.74, 6) is 0.647. The first kappa shape index (κ1) is 15.6. The van der Waals surface area contributed by atoms with Gasteiger partial charge in [0.25, 0.3) is 0 Å². The zero-order valence-corrected chi connectivity index (χ0v) is 14.3. The van der Waals surface area contributed by atoms with E-state index in [1.165, 1.54) is 5.56 Å². The van der Waals surface area contributed by atoms with Crippen molar-refractivity contribution in [3.63, 3.8) is 0 Å². The fourth-order valence-corrected chi connectivity index (χ4v) is 3.94. The average molecular weight is 337 g/mol. The molecule has 5 nitrogen and oxygen atoms in total. The van der Waals surface area contributed by atoms with E-state index < -0.39 is 11.9 Å². The lowest BCUT2D eigenvalue weighted by Gasteiger charge is -2.45. The van der Waals surface area contributed by atoms with E-state index >= 15 is 0 Å². The maximum absolute atomic E-state index is 11.0. The predicted molar refractivity (Wildman–Crippen MR) is 95.4 cm³/mol.